The summed E-state index contributed by atoms with van der Waals surface area (Å²) in [6.07, 6.45) is 1.15. The first-order valence-corrected chi connectivity index (χ1v) is 7.08. The fraction of sp³-hybridized carbons (Fsp3) is 0.562. The van der Waals surface area contributed by atoms with Crippen LogP contribution in [0.15, 0.2) is 24.3 Å². The Labute approximate surface area is 120 Å². The van der Waals surface area contributed by atoms with Crippen LogP contribution in [0.2, 0.25) is 0 Å². The lowest BCUT2D eigenvalue weighted by molar-refractivity contribution is -0.156. The lowest BCUT2D eigenvalue weighted by Gasteiger charge is -2.32. The molecule has 3 N–H and O–H groups in total. The van der Waals surface area contributed by atoms with Crippen molar-refractivity contribution < 1.29 is 14.6 Å². The van der Waals surface area contributed by atoms with Crippen LogP contribution in [0, 0.1) is 11.3 Å². The number of rotatable bonds is 7. The molecule has 0 heterocycles. The van der Waals surface area contributed by atoms with Crippen molar-refractivity contribution in [1.29, 1.82) is 0 Å². The molecule has 1 aromatic rings. The van der Waals surface area contributed by atoms with Gasteiger partial charge in [0.1, 0.15) is 5.75 Å². The molecule has 0 aliphatic heterocycles. The molecule has 1 atom stereocenters. The summed E-state index contributed by atoms with van der Waals surface area (Å²) in [5.74, 6) is 0.279. The Balaban J connectivity index is 3.05. The van der Waals surface area contributed by atoms with Gasteiger partial charge < -0.3 is 15.6 Å². The van der Waals surface area contributed by atoms with Gasteiger partial charge in [-0.25, -0.2) is 0 Å². The Morgan fingerprint density at radius 3 is 2.65 bits per heavy atom. The number of phenolic OH excluding ortho intramolecular Hbond substituents is 1. The van der Waals surface area contributed by atoms with Gasteiger partial charge in [0.25, 0.3) is 0 Å². The fourth-order valence-corrected chi connectivity index (χ4v) is 2.59. The smallest absolute Gasteiger partial charge is 0.313 e. The quantitative estimate of drug-likeness (QED) is 0.752. The predicted molar refractivity (Wildman–Crippen MR) is 79.4 cm³/mol. The highest BCUT2D eigenvalue weighted by atomic mass is 16.5. The topological polar surface area (TPSA) is 72.5 Å². The van der Waals surface area contributed by atoms with Crippen molar-refractivity contribution in [3.63, 3.8) is 0 Å². The zero-order valence-corrected chi connectivity index (χ0v) is 12.6. The second kappa shape index (κ2) is 7.29. The maximum atomic E-state index is 12.4. The van der Waals surface area contributed by atoms with E-state index in [1.54, 1.807) is 25.1 Å². The molecule has 1 aromatic carbocycles. The first-order valence-electron chi connectivity index (χ1n) is 7.08. The first-order chi connectivity index (χ1) is 9.43. The number of ether oxygens (including phenoxy) is 1. The van der Waals surface area contributed by atoms with Crippen LogP contribution >= 0.6 is 0 Å². The van der Waals surface area contributed by atoms with E-state index in [2.05, 4.69) is 13.8 Å². The van der Waals surface area contributed by atoms with Crippen LogP contribution in [0.3, 0.4) is 0 Å². The van der Waals surface area contributed by atoms with Crippen LogP contribution in [0.25, 0.3) is 0 Å². The van der Waals surface area contributed by atoms with Gasteiger partial charge in [0.15, 0.2) is 0 Å². The van der Waals surface area contributed by atoms with Gasteiger partial charge in [-0.15, -0.1) is 0 Å². The van der Waals surface area contributed by atoms with E-state index in [1.807, 2.05) is 6.07 Å². The van der Waals surface area contributed by atoms with Gasteiger partial charge in [-0.05, 0) is 43.4 Å². The van der Waals surface area contributed by atoms with E-state index < -0.39 is 5.41 Å². The summed E-state index contributed by atoms with van der Waals surface area (Å²) in [6.45, 7) is 6.50. The summed E-state index contributed by atoms with van der Waals surface area (Å²) in [7, 11) is 0. The third-order valence-corrected chi connectivity index (χ3v) is 3.35. The van der Waals surface area contributed by atoms with Gasteiger partial charge in [-0.3, -0.25) is 4.79 Å². The van der Waals surface area contributed by atoms with Gasteiger partial charge in [0.05, 0.1) is 12.0 Å². The second-order valence-corrected chi connectivity index (χ2v) is 5.65. The maximum absolute atomic E-state index is 12.4. The molecular weight excluding hydrogens is 254 g/mol. The number of aromatic hydroxyl groups is 1. The van der Waals surface area contributed by atoms with Crippen molar-refractivity contribution in [1.82, 2.24) is 0 Å². The summed E-state index contributed by atoms with van der Waals surface area (Å²) in [6, 6.07) is 6.94. The molecule has 0 amide bonds. The average molecular weight is 279 g/mol. The largest absolute Gasteiger partial charge is 0.508 e. The van der Waals surface area contributed by atoms with Crippen LogP contribution in [0.1, 0.15) is 32.8 Å². The Hall–Kier alpha value is -1.55. The predicted octanol–water partition coefficient (Wildman–Crippen LogP) is 2.49. The van der Waals surface area contributed by atoms with Crippen LogP contribution in [0.5, 0.6) is 5.75 Å². The SMILES string of the molecule is CCOC(=O)C(CN)(Cc1cccc(O)c1)CC(C)C. The van der Waals surface area contributed by atoms with E-state index in [-0.39, 0.29) is 18.3 Å². The highest BCUT2D eigenvalue weighted by Crippen LogP contribution is 2.32. The molecule has 0 aromatic heterocycles. The third-order valence-electron chi connectivity index (χ3n) is 3.35. The molecule has 0 spiro atoms. The highest BCUT2D eigenvalue weighted by Gasteiger charge is 2.39. The van der Waals surface area contributed by atoms with Crippen molar-refractivity contribution in [3.05, 3.63) is 29.8 Å². The lowest BCUT2D eigenvalue weighted by Crippen LogP contribution is -2.43. The van der Waals surface area contributed by atoms with Crippen LogP contribution in [0.4, 0.5) is 0 Å². The Bertz CT molecular complexity index is 445. The molecule has 0 bridgehead atoms. The number of nitrogens with two attached hydrogens (primary N) is 1. The van der Waals surface area contributed by atoms with E-state index in [0.717, 1.165) is 5.56 Å². The van der Waals surface area contributed by atoms with Gasteiger partial charge in [-0.1, -0.05) is 26.0 Å². The van der Waals surface area contributed by atoms with Gasteiger partial charge in [-0.2, -0.15) is 0 Å². The normalized spacial score (nSPS) is 14.1. The molecule has 1 rings (SSSR count). The fourth-order valence-electron chi connectivity index (χ4n) is 2.59. The van der Waals surface area contributed by atoms with Crippen molar-refractivity contribution in [2.75, 3.05) is 13.2 Å². The maximum Gasteiger partial charge on any atom is 0.313 e. The molecular formula is C16H25NO3. The number of phenols is 1. The molecule has 0 fully saturated rings. The minimum atomic E-state index is -0.724. The van der Waals surface area contributed by atoms with Crippen LogP contribution in [-0.2, 0) is 16.0 Å². The molecule has 4 heteroatoms. The number of hydrogen-bond acceptors (Lipinski definition) is 4. The highest BCUT2D eigenvalue weighted by molar-refractivity contribution is 5.77. The van der Waals surface area contributed by atoms with E-state index in [0.29, 0.717) is 25.4 Å². The second-order valence-electron chi connectivity index (χ2n) is 5.65. The third kappa shape index (κ3) is 4.23. The van der Waals surface area contributed by atoms with Crippen molar-refractivity contribution in [3.8, 4) is 5.75 Å². The van der Waals surface area contributed by atoms with Gasteiger partial charge in [0.2, 0.25) is 0 Å². The Morgan fingerprint density at radius 2 is 2.15 bits per heavy atom. The Morgan fingerprint density at radius 1 is 1.45 bits per heavy atom. The Kier molecular flexibility index (Phi) is 6.02. The lowest BCUT2D eigenvalue weighted by atomic mass is 9.75. The number of esters is 1. The standard InChI is InChI=1S/C16H25NO3/c1-4-20-15(19)16(11-17,9-12(2)3)10-13-6-5-7-14(18)8-13/h5-8,12,18H,4,9-11,17H2,1-3H3. The van der Waals surface area contributed by atoms with E-state index in [1.165, 1.54) is 0 Å². The van der Waals surface area contributed by atoms with Crippen LogP contribution < -0.4 is 5.73 Å². The number of hydrogen-bond donors (Lipinski definition) is 2. The number of carbonyl (C=O) groups is 1. The van der Waals surface area contributed by atoms with Gasteiger partial charge in [0, 0.05) is 6.54 Å². The van der Waals surface area contributed by atoms with Crippen molar-refractivity contribution in [2.45, 2.75) is 33.6 Å². The minimum Gasteiger partial charge on any atom is -0.508 e. The van der Waals surface area contributed by atoms with Crippen LogP contribution in [-0.4, -0.2) is 24.2 Å². The molecule has 112 valence electrons. The average Bonchev–Trinajstić information content (AvgIpc) is 2.37. The van der Waals surface area contributed by atoms with Crippen molar-refractivity contribution in [2.24, 2.45) is 17.1 Å². The molecule has 0 saturated heterocycles. The zero-order valence-electron chi connectivity index (χ0n) is 12.6. The molecule has 0 saturated carbocycles. The molecule has 1 unspecified atom stereocenters. The molecule has 0 aliphatic carbocycles. The van der Waals surface area contributed by atoms with E-state index in [4.69, 9.17) is 10.5 Å². The summed E-state index contributed by atoms with van der Waals surface area (Å²) in [5.41, 5.74) is 6.08. The molecule has 0 radical (unpaired) electrons. The van der Waals surface area contributed by atoms with Crippen molar-refractivity contribution >= 4 is 5.97 Å². The summed E-state index contributed by atoms with van der Waals surface area (Å²) < 4.78 is 5.22. The monoisotopic (exact) mass is 279 g/mol. The zero-order chi connectivity index (χ0) is 15.2. The summed E-state index contributed by atoms with van der Waals surface area (Å²) in [5, 5.41) is 9.56. The van der Waals surface area contributed by atoms with E-state index >= 15 is 0 Å². The number of benzene rings is 1. The molecule has 0 aliphatic rings. The minimum absolute atomic E-state index is 0.196. The first kappa shape index (κ1) is 16.5. The molecule has 4 nitrogen and oxygen atoms in total. The summed E-state index contributed by atoms with van der Waals surface area (Å²) >= 11 is 0. The number of carbonyl (C=O) groups excluding carboxylic acids is 1. The molecule has 20 heavy (non-hydrogen) atoms. The summed E-state index contributed by atoms with van der Waals surface area (Å²) in [4.78, 5) is 12.4. The van der Waals surface area contributed by atoms with E-state index in [9.17, 15) is 9.90 Å². The van der Waals surface area contributed by atoms with Gasteiger partial charge >= 0.3 is 5.97 Å².